The summed E-state index contributed by atoms with van der Waals surface area (Å²) in [6, 6.07) is 4.12. The molecule has 20 heavy (non-hydrogen) atoms. The Kier molecular flexibility index (Phi) is 5.84. The highest BCUT2D eigenvalue weighted by atomic mass is 16.6. The van der Waals surface area contributed by atoms with Crippen molar-refractivity contribution in [1.82, 2.24) is 4.90 Å². The summed E-state index contributed by atoms with van der Waals surface area (Å²) in [4.78, 5) is 23.8. The second kappa shape index (κ2) is 7.38. The number of aliphatic hydroxyl groups is 2. The number of carbonyl (C=O) groups is 1. The lowest BCUT2D eigenvalue weighted by Crippen LogP contribution is -2.36. The van der Waals surface area contributed by atoms with E-state index in [0.29, 0.717) is 0 Å². The number of hydrogen-bond donors (Lipinski definition) is 4. The SMILES string of the molecule is NNc1cccc(C(=O)N(CCO)CCO)c1[N+](=O)[O-]. The van der Waals surface area contributed by atoms with Crippen LogP contribution in [0.4, 0.5) is 11.4 Å². The van der Waals surface area contributed by atoms with Gasteiger partial charge in [0.2, 0.25) is 0 Å². The van der Waals surface area contributed by atoms with E-state index in [1.807, 2.05) is 0 Å². The van der Waals surface area contributed by atoms with Crippen molar-refractivity contribution < 1.29 is 19.9 Å². The van der Waals surface area contributed by atoms with Crippen LogP contribution in [0.2, 0.25) is 0 Å². The lowest BCUT2D eigenvalue weighted by Gasteiger charge is -2.20. The third kappa shape index (κ3) is 3.41. The van der Waals surface area contributed by atoms with Crippen LogP contribution in [0.3, 0.4) is 0 Å². The number of nitro benzene ring substituents is 1. The highest BCUT2D eigenvalue weighted by Gasteiger charge is 2.27. The van der Waals surface area contributed by atoms with Gasteiger partial charge in [-0.1, -0.05) is 6.07 Å². The van der Waals surface area contributed by atoms with Crippen molar-refractivity contribution in [2.24, 2.45) is 5.84 Å². The minimum Gasteiger partial charge on any atom is -0.395 e. The van der Waals surface area contributed by atoms with Crippen molar-refractivity contribution in [3.63, 3.8) is 0 Å². The number of carbonyl (C=O) groups excluding carboxylic acids is 1. The van der Waals surface area contributed by atoms with E-state index >= 15 is 0 Å². The number of rotatable bonds is 7. The Morgan fingerprint density at radius 1 is 1.35 bits per heavy atom. The topological polar surface area (TPSA) is 142 Å². The normalized spacial score (nSPS) is 10.2. The van der Waals surface area contributed by atoms with E-state index in [1.54, 1.807) is 0 Å². The highest BCUT2D eigenvalue weighted by Crippen LogP contribution is 2.28. The van der Waals surface area contributed by atoms with Gasteiger partial charge in [0.15, 0.2) is 0 Å². The number of aliphatic hydroxyl groups excluding tert-OH is 2. The Hall–Kier alpha value is -2.23. The van der Waals surface area contributed by atoms with Gasteiger partial charge < -0.3 is 20.5 Å². The summed E-state index contributed by atoms with van der Waals surface area (Å²) >= 11 is 0. The zero-order valence-corrected chi connectivity index (χ0v) is 10.7. The molecule has 9 nitrogen and oxygen atoms in total. The average Bonchev–Trinajstić information content (AvgIpc) is 2.45. The number of anilines is 1. The highest BCUT2D eigenvalue weighted by molar-refractivity contribution is 6.00. The molecule has 1 aromatic carbocycles. The molecule has 0 unspecified atom stereocenters. The molecule has 0 atom stereocenters. The van der Waals surface area contributed by atoms with E-state index in [4.69, 9.17) is 16.1 Å². The van der Waals surface area contributed by atoms with Crippen molar-refractivity contribution in [1.29, 1.82) is 0 Å². The van der Waals surface area contributed by atoms with Gasteiger partial charge in [-0.05, 0) is 12.1 Å². The number of benzene rings is 1. The van der Waals surface area contributed by atoms with Crippen molar-refractivity contribution >= 4 is 17.3 Å². The van der Waals surface area contributed by atoms with E-state index in [-0.39, 0.29) is 37.6 Å². The van der Waals surface area contributed by atoms with Crippen LogP contribution in [0.1, 0.15) is 10.4 Å². The molecule has 0 aliphatic carbocycles. The first kappa shape index (κ1) is 15.8. The molecule has 0 saturated heterocycles. The molecule has 0 heterocycles. The molecule has 0 aliphatic rings. The predicted molar refractivity (Wildman–Crippen MR) is 71.0 cm³/mol. The minimum absolute atomic E-state index is 0.00815. The van der Waals surface area contributed by atoms with Gasteiger partial charge in [0.05, 0.1) is 18.1 Å². The van der Waals surface area contributed by atoms with E-state index in [9.17, 15) is 14.9 Å². The van der Waals surface area contributed by atoms with Crippen LogP contribution in [-0.4, -0.2) is 52.2 Å². The monoisotopic (exact) mass is 284 g/mol. The van der Waals surface area contributed by atoms with Gasteiger partial charge in [-0.3, -0.25) is 20.8 Å². The number of hydrogen-bond acceptors (Lipinski definition) is 7. The predicted octanol–water partition coefficient (Wildman–Crippen LogP) is -0.693. The van der Waals surface area contributed by atoms with Crippen LogP contribution in [-0.2, 0) is 0 Å². The smallest absolute Gasteiger partial charge is 0.306 e. The number of amides is 1. The summed E-state index contributed by atoms with van der Waals surface area (Å²) in [5, 5.41) is 28.9. The van der Waals surface area contributed by atoms with Crippen molar-refractivity contribution in [2.45, 2.75) is 0 Å². The van der Waals surface area contributed by atoms with Crippen LogP contribution < -0.4 is 11.3 Å². The molecule has 1 aromatic rings. The molecular formula is C11H16N4O5. The maximum atomic E-state index is 12.2. The number of nitrogens with two attached hydrogens (primary N) is 1. The second-order valence-corrected chi connectivity index (χ2v) is 3.84. The standard InChI is InChI=1S/C11H16N4O5/c12-13-9-3-1-2-8(10(9)15(19)20)11(18)14(4-6-16)5-7-17/h1-3,13,16-17H,4-7,12H2. The number of nitrogen functional groups attached to an aromatic ring is 1. The van der Waals surface area contributed by atoms with Crippen LogP contribution in [0.5, 0.6) is 0 Å². The molecule has 0 spiro atoms. The Balaban J connectivity index is 3.23. The number of nitro groups is 1. The summed E-state index contributed by atoms with van der Waals surface area (Å²) < 4.78 is 0. The molecule has 110 valence electrons. The zero-order valence-electron chi connectivity index (χ0n) is 10.7. The lowest BCUT2D eigenvalue weighted by molar-refractivity contribution is -0.384. The number of para-hydroxylation sites is 1. The Bertz CT molecular complexity index is 488. The third-order valence-electron chi connectivity index (χ3n) is 2.63. The van der Waals surface area contributed by atoms with Gasteiger partial charge >= 0.3 is 5.69 Å². The fourth-order valence-electron chi connectivity index (χ4n) is 1.76. The molecule has 5 N–H and O–H groups in total. The summed E-state index contributed by atoms with van der Waals surface area (Å²) in [6.45, 7) is -0.684. The van der Waals surface area contributed by atoms with Crippen LogP contribution in [0.15, 0.2) is 18.2 Å². The Morgan fingerprint density at radius 3 is 2.40 bits per heavy atom. The Labute approximate surface area is 114 Å². The van der Waals surface area contributed by atoms with Gasteiger partial charge in [-0.2, -0.15) is 0 Å². The van der Waals surface area contributed by atoms with Gasteiger partial charge in [0.1, 0.15) is 11.3 Å². The second-order valence-electron chi connectivity index (χ2n) is 3.84. The summed E-state index contributed by atoms with van der Waals surface area (Å²) in [6.07, 6.45) is 0. The van der Waals surface area contributed by atoms with Gasteiger partial charge in [0, 0.05) is 13.1 Å². The quantitative estimate of drug-likeness (QED) is 0.295. The van der Waals surface area contributed by atoms with Crippen LogP contribution in [0.25, 0.3) is 0 Å². The molecule has 0 bridgehead atoms. The van der Waals surface area contributed by atoms with E-state index in [0.717, 1.165) is 4.90 Å². The van der Waals surface area contributed by atoms with Crippen LogP contribution in [0, 0.1) is 10.1 Å². The van der Waals surface area contributed by atoms with E-state index < -0.39 is 16.5 Å². The van der Waals surface area contributed by atoms with E-state index in [2.05, 4.69) is 5.43 Å². The zero-order chi connectivity index (χ0) is 15.1. The molecule has 0 aromatic heterocycles. The number of nitrogens with one attached hydrogen (secondary N) is 1. The molecule has 0 radical (unpaired) electrons. The maximum Gasteiger partial charge on any atom is 0.306 e. The fraction of sp³-hybridized carbons (Fsp3) is 0.364. The maximum absolute atomic E-state index is 12.2. The molecule has 1 rings (SSSR count). The van der Waals surface area contributed by atoms with E-state index in [1.165, 1.54) is 18.2 Å². The first-order chi connectivity index (χ1) is 9.56. The average molecular weight is 284 g/mol. The fourth-order valence-corrected chi connectivity index (χ4v) is 1.76. The van der Waals surface area contributed by atoms with Gasteiger partial charge in [-0.25, -0.2) is 0 Å². The summed E-state index contributed by atoms with van der Waals surface area (Å²) in [5.74, 6) is 4.54. The molecule has 0 aliphatic heterocycles. The first-order valence-electron chi connectivity index (χ1n) is 5.81. The first-order valence-corrected chi connectivity index (χ1v) is 5.81. The third-order valence-corrected chi connectivity index (χ3v) is 2.63. The van der Waals surface area contributed by atoms with Crippen LogP contribution >= 0.6 is 0 Å². The van der Waals surface area contributed by atoms with Crippen molar-refractivity contribution in [2.75, 3.05) is 31.7 Å². The molecule has 1 amide bonds. The van der Waals surface area contributed by atoms with Gasteiger partial charge in [-0.15, -0.1) is 0 Å². The minimum atomic E-state index is -0.710. The van der Waals surface area contributed by atoms with Gasteiger partial charge in [0.25, 0.3) is 5.91 Å². The summed E-state index contributed by atoms with van der Waals surface area (Å²) in [5.41, 5.74) is 1.57. The summed E-state index contributed by atoms with van der Waals surface area (Å²) in [7, 11) is 0. The largest absolute Gasteiger partial charge is 0.395 e. The molecule has 0 fully saturated rings. The molecule has 9 heteroatoms. The van der Waals surface area contributed by atoms with Crippen molar-refractivity contribution in [3.8, 4) is 0 Å². The number of nitrogens with zero attached hydrogens (tertiary/aromatic N) is 2. The molecule has 0 saturated carbocycles. The lowest BCUT2D eigenvalue weighted by atomic mass is 10.1. The Morgan fingerprint density at radius 2 is 1.95 bits per heavy atom. The van der Waals surface area contributed by atoms with Crippen molar-refractivity contribution in [3.05, 3.63) is 33.9 Å². The molecular weight excluding hydrogens is 268 g/mol. The number of hydrazine groups is 1.